The standard InChI is InChI=1S/C16H18Cl2O9/c1-24-16-14(23)15(13(22)10(6-19)26-16)27-12(21)5-11(20)25-9-3-2-7(17)4-8(9)18/h2-4,10,13-16,19,22-23H,5-6H2,1H3/t10-,13+,14-,15+,16-/m1/s1. The fourth-order valence-corrected chi connectivity index (χ4v) is 2.86. The molecule has 5 atom stereocenters. The summed E-state index contributed by atoms with van der Waals surface area (Å²) in [6.45, 7) is -0.598. The molecule has 0 spiro atoms. The second-order valence-corrected chi connectivity index (χ2v) is 6.47. The van der Waals surface area contributed by atoms with E-state index in [1.165, 1.54) is 25.3 Å². The molecule has 1 aromatic carbocycles. The number of halogens is 2. The number of carbonyl (C=O) groups is 2. The lowest BCUT2D eigenvalue weighted by Crippen LogP contribution is -2.60. The molecule has 0 amide bonds. The topological polar surface area (TPSA) is 132 Å². The van der Waals surface area contributed by atoms with Gasteiger partial charge in [-0.1, -0.05) is 23.2 Å². The van der Waals surface area contributed by atoms with Gasteiger partial charge in [0.15, 0.2) is 12.4 Å². The van der Waals surface area contributed by atoms with Gasteiger partial charge in [0.25, 0.3) is 0 Å². The Hall–Kier alpha value is -1.46. The molecule has 11 heteroatoms. The van der Waals surface area contributed by atoms with Crippen molar-refractivity contribution >= 4 is 35.1 Å². The summed E-state index contributed by atoms with van der Waals surface area (Å²) < 4.78 is 19.9. The monoisotopic (exact) mass is 424 g/mol. The highest BCUT2D eigenvalue weighted by molar-refractivity contribution is 6.35. The molecule has 2 rings (SSSR count). The summed E-state index contributed by atoms with van der Waals surface area (Å²) in [6.07, 6.45) is -7.71. The van der Waals surface area contributed by atoms with E-state index < -0.39 is 55.7 Å². The Morgan fingerprint density at radius 3 is 2.48 bits per heavy atom. The smallest absolute Gasteiger partial charge is 0.322 e. The van der Waals surface area contributed by atoms with Gasteiger partial charge >= 0.3 is 11.9 Å². The van der Waals surface area contributed by atoms with Crippen LogP contribution in [-0.2, 0) is 23.8 Å². The van der Waals surface area contributed by atoms with Crippen LogP contribution in [0, 0.1) is 0 Å². The van der Waals surface area contributed by atoms with Gasteiger partial charge in [0.2, 0.25) is 0 Å². The molecule has 1 saturated heterocycles. The summed E-state index contributed by atoms with van der Waals surface area (Å²) in [5.74, 6) is -2.03. The number of aliphatic hydroxyl groups is 3. The summed E-state index contributed by atoms with van der Waals surface area (Å²) >= 11 is 11.6. The van der Waals surface area contributed by atoms with Crippen molar-refractivity contribution in [2.75, 3.05) is 13.7 Å². The van der Waals surface area contributed by atoms with E-state index >= 15 is 0 Å². The minimum atomic E-state index is -1.53. The fraction of sp³-hybridized carbons (Fsp3) is 0.500. The Bertz CT molecular complexity index is 668. The predicted octanol–water partition coefficient (Wildman–Crippen LogP) is 0.286. The molecule has 1 fully saturated rings. The summed E-state index contributed by atoms with van der Waals surface area (Å²) in [4.78, 5) is 23.9. The molecule has 1 aromatic rings. The average molecular weight is 425 g/mol. The van der Waals surface area contributed by atoms with Crippen LogP contribution in [-0.4, -0.2) is 71.7 Å². The zero-order valence-corrected chi connectivity index (χ0v) is 15.6. The van der Waals surface area contributed by atoms with Crippen LogP contribution in [0.2, 0.25) is 10.0 Å². The number of ether oxygens (including phenoxy) is 4. The van der Waals surface area contributed by atoms with E-state index in [-0.39, 0.29) is 10.8 Å². The molecule has 0 unspecified atom stereocenters. The summed E-state index contributed by atoms with van der Waals surface area (Å²) in [5, 5.41) is 29.8. The van der Waals surface area contributed by atoms with Gasteiger partial charge in [-0.05, 0) is 18.2 Å². The number of aliphatic hydroxyl groups excluding tert-OH is 3. The zero-order chi connectivity index (χ0) is 20.1. The van der Waals surface area contributed by atoms with Gasteiger partial charge in [0.1, 0.15) is 30.5 Å². The molecule has 9 nitrogen and oxygen atoms in total. The Kier molecular flexibility index (Phi) is 7.80. The highest BCUT2D eigenvalue weighted by Gasteiger charge is 2.47. The Labute approximate surface area is 164 Å². The Balaban J connectivity index is 1.97. The van der Waals surface area contributed by atoms with Crippen molar-refractivity contribution in [3.63, 3.8) is 0 Å². The van der Waals surface area contributed by atoms with Crippen molar-refractivity contribution in [2.45, 2.75) is 37.1 Å². The van der Waals surface area contributed by atoms with Gasteiger partial charge in [-0.3, -0.25) is 9.59 Å². The SMILES string of the molecule is CO[C@@H]1O[C@H](CO)[C@H](O)[C@H](OC(=O)CC(=O)Oc2ccc(Cl)cc2Cl)[C@H]1O. The molecule has 1 aliphatic heterocycles. The molecule has 1 heterocycles. The Morgan fingerprint density at radius 1 is 1.19 bits per heavy atom. The maximum atomic E-state index is 12.0. The van der Waals surface area contributed by atoms with Crippen LogP contribution >= 0.6 is 23.2 Å². The van der Waals surface area contributed by atoms with Crippen LogP contribution in [0.15, 0.2) is 18.2 Å². The van der Waals surface area contributed by atoms with Crippen molar-refractivity contribution in [3.8, 4) is 5.75 Å². The van der Waals surface area contributed by atoms with Gasteiger partial charge in [-0.2, -0.15) is 0 Å². The van der Waals surface area contributed by atoms with E-state index in [1.807, 2.05) is 0 Å². The number of esters is 2. The molecule has 3 N–H and O–H groups in total. The maximum Gasteiger partial charge on any atom is 0.322 e. The van der Waals surface area contributed by atoms with Gasteiger partial charge in [0, 0.05) is 12.1 Å². The van der Waals surface area contributed by atoms with Gasteiger partial charge in [-0.15, -0.1) is 0 Å². The van der Waals surface area contributed by atoms with E-state index in [0.717, 1.165) is 0 Å². The van der Waals surface area contributed by atoms with E-state index in [2.05, 4.69) is 0 Å². The van der Waals surface area contributed by atoms with Crippen LogP contribution in [0.1, 0.15) is 6.42 Å². The van der Waals surface area contributed by atoms with Crippen molar-refractivity contribution < 1.29 is 43.9 Å². The second kappa shape index (κ2) is 9.65. The quantitative estimate of drug-likeness (QED) is 0.334. The number of methoxy groups -OCH3 is 1. The van der Waals surface area contributed by atoms with Crippen molar-refractivity contribution in [1.82, 2.24) is 0 Å². The van der Waals surface area contributed by atoms with Crippen molar-refractivity contribution in [2.24, 2.45) is 0 Å². The zero-order valence-electron chi connectivity index (χ0n) is 14.1. The first kappa shape index (κ1) is 21.8. The van der Waals surface area contributed by atoms with E-state index in [1.54, 1.807) is 0 Å². The summed E-state index contributed by atoms with van der Waals surface area (Å²) in [7, 11) is 1.23. The van der Waals surface area contributed by atoms with Gasteiger partial charge < -0.3 is 34.3 Å². The number of hydrogen-bond donors (Lipinski definition) is 3. The molecule has 0 saturated carbocycles. The third-order valence-electron chi connectivity index (χ3n) is 3.73. The molecular formula is C16H18Cl2O9. The first-order valence-corrected chi connectivity index (χ1v) is 8.52. The summed E-state index contributed by atoms with van der Waals surface area (Å²) in [5.41, 5.74) is 0. The van der Waals surface area contributed by atoms with Crippen molar-refractivity contribution in [3.05, 3.63) is 28.2 Å². The highest BCUT2D eigenvalue weighted by Crippen LogP contribution is 2.28. The lowest BCUT2D eigenvalue weighted by Gasteiger charge is -2.40. The van der Waals surface area contributed by atoms with E-state index in [0.29, 0.717) is 5.02 Å². The van der Waals surface area contributed by atoms with Crippen LogP contribution in [0.4, 0.5) is 0 Å². The fourth-order valence-electron chi connectivity index (χ4n) is 2.42. The lowest BCUT2D eigenvalue weighted by atomic mass is 9.99. The Morgan fingerprint density at radius 2 is 1.89 bits per heavy atom. The third-order valence-corrected chi connectivity index (χ3v) is 4.26. The maximum absolute atomic E-state index is 12.0. The number of carbonyl (C=O) groups excluding carboxylic acids is 2. The molecular weight excluding hydrogens is 407 g/mol. The molecule has 1 aliphatic rings. The molecule has 0 bridgehead atoms. The molecule has 27 heavy (non-hydrogen) atoms. The second-order valence-electron chi connectivity index (χ2n) is 5.62. The van der Waals surface area contributed by atoms with Gasteiger partial charge in [-0.25, -0.2) is 0 Å². The largest absolute Gasteiger partial charge is 0.456 e. The minimum Gasteiger partial charge on any atom is -0.456 e. The van der Waals surface area contributed by atoms with Crippen LogP contribution in [0.3, 0.4) is 0 Å². The number of hydrogen-bond acceptors (Lipinski definition) is 9. The van der Waals surface area contributed by atoms with Gasteiger partial charge in [0.05, 0.1) is 11.6 Å². The van der Waals surface area contributed by atoms with E-state index in [9.17, 15) is 24.9 Å². The van der Waals surface area contributed by atoms with Crippen LogP contribution in [0.25, 0.3) is 0 Å². The average Bonchev–Trinajstić information content (AvgIpc) is 2.61. The molecule has 150 valence electrons. The molecule has 0 radical (unpaired) electrons. The summed E-state index contributed by atoms with van der Waals surface area (Å²) in [6, 6.07) is 4.16. The first-order valence-electron chi connectivity index (χ1n) is 7.77. The number of benzene rings is 1. The lowest BCUT2D eigenvalue weighted by molar-refractivity contribution is -0.297. The third kappa shape index (κ3) is 5.52. The van der Waals surface area contributed by atoms with Crippen LogP contribution < -0.4 is 4.74 Å². The molecule has 0 aliphatic carbocycles. The minimum absolute atomic E-state index is 0.00444. The van der Waals surface area contributed by atoms with Crippen LogP contribution in [0.5, 0.6) is 5.75 Å². The number of rotatable bonds is 6. The van der Waals surface area contributed by atoms with E-state index in [4.69, 9.17) is 42.1 Å². The molecule has 0 aromatic heterocycles. The first-order chi connectivity index (χ1) is 12.8. The predicted molar refractivity (Wildman–Crippen MR) is 91.4 cm³/mol. The highest BCUT2D eigenvalue weighted by atomic mass is 35.5. The van der Waals surface area contributed by atoms with Crippen molar-refractivity contribution in [1.29, 1.82) is 0 Å². The normalized spacial score (nSPS) is 27.9.